The second-order valence-corrected chi connectivity index (χ2v) is 7.42. The Bertz CT molecular complexity index is 1190. The van der Waals surface area contributed by atoms with E-state index in [9.17, 15) is 22.8 Å². The fourth-order valence-electron chi connectivity index (χ4n) is 3.23. The zero-order chi connectivity index (χ0) is 22.2. The number of nitrogens with zero attached hydrogens (tertiary/aromatic N) is 2. The summed E-state index contributed by atoms with van der Waals surface area (Å²) in [5, 5.41) is 3.01. The van der Waals surface area contributed by atoms with Gasteiger partial charge in [-0.25, -0.2) is 4.98 Å². The molecule has 2 aromatic carbocycles. The van der Waals surface area contributed by atoms with Gasteiger partial charge in [-0.15, -0.1) is 0 Å². The molecule has 0 saturated carbocycles. The number of alkyl halides is 3. The molecule has 30 heavy (non-hydrogen) atoms. The Balaban J connectivity index is 2.22. The van der Waals surface area contributed by atoms with Crippen molar-refractivity contribution in [3.8, 4) is 0 Å². The van der Waals surface area contributed by atoms with Crippen LogP contribution in [-0.4, -0.2) is 15.5 Å². The van der Waals surface area contributed by atoms with Crippen LogP contribution in [-0.2, 0) is 11.0 Å². The maximum absolute atomic E-state index is 13.5. The van der Waals surface area contributed by atoms with E-state index in [4.69, 9.17) is 11.6 Å². The van der Waals surface area contributed by atoms with Gasteiger partial charge in [-0.05, 0) is 61.7 Å². The molecule has 0 unspecified atom stereocenters. The van der Waals surface area contributed by atoms with E-state index in [2.05, 4.69) is 10.3 Å². The topological polar surface area (TPSA) is 64.0 Å². The van der Waals surface area contributed by atoms with Gasteiger partial charge in [0.25, 0.3) is 5.56 Å². The number of halogens is 4. The molecule has 9 heteroatoms. The van der Waals surface area contributed by atoms with E-state index in [0.717, 1.165) is 15.7 Å². The lowest BCUT2D eigenvalue weighted by molar-refractivity contribution is -0.142. The standard InChI is InChI=1S/C21H19ClF3N3O2/c1-4-16(19(29)26-14-7-5-6-13(22)10-14)28-17-9-12(3)11(2)8-15(17)27-18(20(28)30)21(23,24)25/h5-10,16H,4H2,1-3H3,(H,26,29)/t16-/m1/s1. The van der Waals surface area contributed by atoms with Crippen LogP contribution in [0.2, 0.25) is 5.02 Å². The van der Waals surface area contributed by atoms with Crippen molar-refractivity contribution in [3.63, 3.8) is 0 Å². The lowest BCUT2D eigenvalue weighted by atomic mass is 10.1. The monoisotopic (exact) mass is 437 g/mol. The van der Waals surface area contributed by atoms with Crippen LogP contribution >= 0.6 is 11.6 Å². The number of hydrogen-bond acceptors (Lipinski definition) is 3. The quantitative estimate of drug-likeness (QED) is 0.604. The number of amides is 1. The summed E-state index contributed by atoms with van der Waals surface area (Å²) < 4.78 is 41.4. The number of carbonyl (C=O) groups is 1. The molecular weight excluding hydrogens is 419 g/mol. The molecule has 5 nitrogen and oxygen atoms in total. The first-order chi connectivity index (χ1) is 14.0. The van der Waals surface area contributed by atoms with Gasteiger partial charge in [-0.3, -0.25) is 14.2 Å². The Hall–Kier alpha value is -2.87. The lowest BCUT2D eigenvalue weighted by Crippen LogP contribution is -2.37. The normalized spacial score (nSPS) is 12.8. The molecule has 0 aliphatic carbocycles. The first-order valence-corrected chi connectivity index (χ1v) is 9.57. The van der Waals surface area contributed by atoms with Crippen molar-refractivity contribution in [1.82, 2.24) is 9.55 Å². The van der Waals surface area contributed by atoms with E-state index in [0.29, 0.717) is 10.7 Å². The van der Waals surface area contributed by atoms with E-state index in [1.165, 1.54) is 12.1 Å². The van der Waals surface area contributed by atoms with Gasteiger partial charge in [0.1, 0.15) is 6.04 Å². The largest absolute Gasteiger partial charge is 0.438 e. The van der Waals surface area contributed by atoms with Gasteiger partial charge in [-0.2, -0.15) is 13.2 Å². The summed E-state index contributed by atoms with van der Waals surface area (Å²) in [6, 6.07) is 8.24. The van der Waals surface area contributed by atoms with E-state index < -0.39 is 29.4 Å². The third-order valence-corrected chi connectivity index (χ3v) is 5.10. The molecule has 158 valence electrons. The Kier molecular flexibility index (Phi) is 5.90. The highest BCUT2D eigenvalue weighted by Gasteiger charge is 2.38. The first-order valence-electron chi connectivity index (χ1n) is 9.20. The minimum Gasteiger partial charge on any atom is -0.324 e. The smallest absolute Gasteiger partial charge is 0.324 e. The molecule has 0 radical (unpaired) electrons. The molecule has 1 atom stereocenters. The van der Waals surface area contributed by atoms with Gasteiger partial charge in [0.05, 0.1) is 11.0 Å². The SMILES string of the molecule is CC[C@H](C(=O)Nc1cccc(Cl)c1)n1c(=O)c(C(F)(F)F)nc2cc(C)c(C)cc21. The van der Waals surface area contributed by atoms with Gasteiger partial charge in [0.2, 0.25) is 11.6 Å². The van der Waals surface area contributed by atoms with Crippen molar-refractivity contribution in [2.75, 3.05) is 5.32 Å². The molecule has 3 rings (SSSR count). The summed E-state index contributed by atoms with van der Waals surface area (Å²) >= 11 is 5.93. The molecule has 1 N–H and O–H groups in total. The predicted molar refractivity (Wildman–Crippen MR) is 110 cm³/mol. The third-order valence-electron chi connectivity index (χ3n) is 4.87. The first kappa shape index (κ1) is 21.8. The van der Waals surface area contributed by atoms with Gasteiger partial charge < -0.3 is 5.32 Å². The number of benzene rings is 2. The zero-order valence-corrected chi connectivity index (χ0v) is 17.2. The minimum absolute atomic E-state index is 0.000898. The molecule has 0 bridgehead atoms. The second kappa shape index (κ2) is 8.10. The van der Waals surface area contributed by atoms with E-state index in [1.54, 1.807) is 45.0 Å². The number of anilines is 1. The van der Waals surface area contributed by atoms with Gasteiger partial charge >= 0.3 is 6.18 Å². The fraction of sp³-hybridized carbons (Fsp3) is 0.286. The highest BCUT2D eigenvalue weighted by Crippen LogP contribution is 2.29. The summed E-state index contributed by atoms with van der Waals surface area (Å²) in [4.78, 5) is 29.3. The summed E-state index contributed by atoms with van der Waals surface area (Å²) in [6.07, 6.45) is -4.86. The predicted octanol–water partition coefficient (Wildman–Crippen LogP) is 5.28. The van der Waals surface area contributed by atoms with E-state index in [-0.39, 0.29) is 17.5 Å². The second-order valence-electron chi connectivity index (χ2n) is 6.98. The molecular formula is C21H19ClF3N3O2. The van der Waals surface area contributed by atoms with Crippen molar-refractivity contribution in [2.45, 2.75) is 39.4 Å². The summed E-state index contributed by atoms with van der Waals surface area (Å²) in [6.45, 7) is 5.13. The van der Waals surface area contributed by atoms with Crippen molar-refractivity contribution in [3.05, 3.63) is 68.6 Å². The van der Waals surface area contributed by atoms with Crippen LogP contribution in [0.1, 0.15) is 36.2 Å². The minimum atomic E-state index is -4.95. The zero-order valence-electron chi connectivity index (χ0n) is 16.5. The van der Waals surface area contributed by atoms with E-state index >= 15 is 0 Å². The Labute approximate surface area is 175 Å². The van der Waals surface area contributed by atoms with Crippen molar-refractivity contribution in [2.24, 2.45) is 0 Å². The lowest BCUT2D eigenvalue weighted by Gasteiger charge is -2.22. The van der Waals surface area contributed by atoms with Gasteiger partial charge in [0, 0.05) is 10.7 Å². The Morgan fingerprint density at radius 3 is 2.47 bits per heavy atom. The highest BCUT2D eigenvalue weighted by molar-refractivity contribution is 6.30. The molecule has 0 spiro atoms. The van der Waals surface area contributed by atoms with Crippen molar-refractivity contribution >= 4 is 34.2 Å². The summed E-state index contributed by atoms with van der Waals surface area (Å²) in [5.74, 6) is -0.624. The molecule has 0 aliphatic rings. The van der Waals surface area contributed by atoms with Gasteiger partial charge in [-0.1, -0.05) is 24.6 Å². The molecule has 0 fully saturated rings. The molecule has 0 aliphatic heterocycles. The third kappa shape index (κ3) is 4.18. The number of fused-ring (bicyclic) bond motifs is 1. The van der Waals surface area contributed by atoms with E-state index in [1.807, 2.05) is 0 Å². The summed E-state index contributed by atoms with van der Waals surface area (Å²) in [5.41, 5.74) is -0.866. The van der Waals surface area contributed by atoms with Crippen molar-refractivity contribution in [1.29, 1.82) is 0 Å². The average molecular weight is 438 g/mol. The van der Waals surface area contributed by atoms with Gasteiger partial charge in [0.15, 0.2) is 0 Å². The molecule has 0 saturated heterocycles. The molecule has 1 heterocycles. The Morgan fingerprint density at radius 1 is 1.20 bits per heavy atom. The number of hydrogen-bond donors (Lipinski definition) is 1. The van der Waals surface area contributed by atoms with Crippen LogP contribution in [0.15, 0.2) is 41.2 Å². The number of aromatic nitrogens is 2. The number of rotatable bonds is 4. The number of aryl methyl sites for hydroxylation is 2. The highest BCUT2D eigenvalue weighted by atomic mass is 35.5. The average Bonchev–Trinajstić information content (AvgIpc) is 2.64. The fourth-order valence-corrected chi connectivity index (χ4v) is 3.42. The van der Waals surface area contributed by atoms with Crippen LogP contribution in [0.4, 0.5) is 18.9 Å². The van der Waals surface area contributed by atoms with Crippen LogP contribution in [0.5, 0.6) is 0 Å². The molecule has 1 amide bonds. The number of carbonyl (C=O) groups excluding carboxylic acids is 1. The Morgan fingerprint density at radius 2 is 1.87 bits per heavy atom. The van der Waals surface area contributed by atoms with Crippen molar-refractivity contribution < 1.29 is 18.0 Å². The molecule has 1 aromatic heterocycles. The van der Waals surface area contributed by atoms with Crippen LogP contribution in [0, 0.1) is 13.8 Å². The van der Waals surface area contributed by atoms with Crippen LogP contribution < -0.4 is 10.9 Å². The van der Waals surface area contributed by atoms with Crippen LogP contribution in [0.25, 0.3) is 11.0 Å². The summed E-state index contributed by atoms with van der Waals surface area (Å²) in [7, 11) is 0. The van der Waals surface area contributed by atoms with Crippen LogP contribution in [0.3, 0.4) is 0 Å². The number of nitrogens with one attached hydrogen (secondary N) is 1. The maximum atomic E-state index is 13.5. The molecule has 3 aromatic rings. The maximum Gasteiger partial charge on any atom is 0.438 e.